The molecule has 1 saturated carbocycles. The number of aliphatic hydroxyl groups is 1. The van der Waals surface area contributed by atoms with Gasteiger partial charge in [-0.3, -0.25) is 4.90 Å². The molecule has 2 aliphatic heterocycles. The Morgan fingerprint density at radius 2 is 2.25 bits per heavy atom. The Kier molecular flexibility index (Phi) is 3.00. The molecule has 0 radical (unpaired) electrons. The molecule has 3 heteroatoms. The molecule has 2 heterocycles. The van der Waals surface area contributed by atoms with E-state index in [1.165, 1.54) is 24.0 Å². The van der Waals surface area contributed by atoms with Gasteiger partial charge in [0.05, 0.1) is 12.2 Å². The minimum Gasteiger partial charge on any atom is -0.493 e. The summed E-state index contributed by atoms with van der Waals surface area (Å²) < 4.78 is 5.54. The van der Waals surface area contributed by atoms with Gasteiger partial charge in [0.1, 0.15) is 5.75 Å². The van der Waals surface area contributed by atoms with E-state index >= 15 is 0 Å². The number of likely N-dealkylation sites (tertiary alicyclic amines) is 1. The zero-order valence-electron chi connectivity index (χ0n) is 12.0. The van der Waals surface area contributed by atoms with Crippen molar-refractivity contribution in [3.05, 3.63) is 29.3 Å². The number of benzene rings is 1. The Morgan fingerprint density at radius 1 is 1.35 bits per heavy atom. The normalized spacial score (nSPS) is 29.4. The molecule has 1 unspecified atom stereocenters. The fourth-order valence-corrected chi connectivity index (χ4v) is 3.62. The third kappa shape index (κ3) is 2.45. The van der Waals surface area contributed by atoms with Gasteiger partial charge in [-0.2, -0.15) is 0 Å². The van der Waals surface area contributed by atoms with Crippen LogP contribution in [0.4, 0.5) is 0 Å². The van der Waals surface area contributed by atoms with E-state index in [4.69, 9.17) is 4.74 Å². The van der Waals surface area contributed by atoms with Crippen molar-refractivity contribution in [2.75, 3.05) is 19.7 Å². The Morgan fingerprint density at radius 3 is 3.10 bits per heavy atom. The van der Waals surface area contributed by atoms with Gasteiger partial charge in [-0.15, -0.1) is 0 Å². The predicted octanol–water partition coefficient (Wildman–Crippen LogP) is 2.15. The molecule has 108 valence electrons. The Bertz CT molecular complexity index is 512. The molecule has 20 heavy (non-hydrogen) atoms. The molecule has 2 fully saturated rings. The van der Waals surface area contributed by atoms with Crippen molar-refractivity contribution in [1.29, 1.82) is 0 Å². The van der Waals surface area contributed by atoms with E-state index < -0.39 is 5.60 Å². The van der Waals surface area contributed by atoms with Crippen LogP contribution in [-0.4, -0.2) is 41.3 Å². The van der Waals surface area contributed by atoms with Crippen LogP contribution in [0.2, 0.25) is 0 Å². The largest absolute Gasteiger partial charge is 0.493 e. The van der Waals surface area contributed by atoms with Gasteiger partial charge < -0.3 is 9.84 Å². The highest BCUT2D eigenvalue weighted by atomic mass is 16.5. The second-order valence-electron chi connectivity index (χ2n) is 6.72. The van der Waals surface area contributed by atoms with Gasteiger partial charge in [-0.25, -0.2) is 0 Å². The predicted molar refractivity (Wildman–Crippen MR) is 78.1 cm³/mol. The van der Waals surface area contributed by atoms with Crippen LogP contribution < -0.4 is 4.74 Å². The molecule has 1 saturated heterocycles. The zero-order chi connectivity index (χ0) is 13.6. The van der Waals surface area contributed by atoms with E-state index in [0.29, 0.717) is 0 Å². The summed E-state index contributed by atoms with van der Waals surface area (Å²) in [6, 6.07) is 7.29. The summed E-state index contributed by atoms with van der Waals surface area (Å²) >= 11 is 0. The molecule has 0 bridgehead atoms. The van der Waals surface area contributed by atoms with Crippen molar-refractivity contribution >= 4 is 0 Å². The molecule has 1 aliphatic carbocycles. The van der Waals surface area contributed by atoms with Crippen LogP contribution in [0, 0.1) is 0 Å². The SMILES string of the molecule is OC1(CCc2ccc3c(c2)CCO3)CCN(C2CC2)C1. The Hall–Kier alpha value is -1.06. The lowest BCUT2D eigenvalue weighted by atomic mass is 9.93. The van der Waals surface area contributed by atoms with Crippen molar-refractivity contribution in [3.8, 4) is 5.75 Å². The number of fused-ring (bicyclic) bond motifs is 1. The van der Waals surface area contributed by atoms with Gasteiger partial charge in [0.15, 0.2) is 0 Å². The van der Waals surface area contributed by atoms with Crippen LogP contribution in [0.25, 0.3) is 0 Å². The average Bonchev–Trinajstić information content (AvgIpc) is 3.07. The van der Waals surface area contributed by atoms with E-state index in [1.807, 2.05) is 0 Å². The molecule has 0 aromatic heterocycles. The highest BCUT2D eigenvalue weighted by Crippen LogP contribution is 2.35. The fourth-order valence-electron chi connectivity index (χ4n) is 3.62. The molecule has 3 nitrogen and oxygen atoms in total. The lowest BCUT2D eigenvalue weighted by molar-refractivity contribution is 0.0400. The molecule has 1 aromatic carbocycles. The Balaban J connectivity index is 1.37. The molecule has 1 N–H and O–H groups in total. The molecule has 3 aliphatic rings. The van der Waals surface area contributed by atoms with Gasteiger partial charge in [0, 0.05) is 25.6 Å². The second kappa shape index (κ2) is 4.74. The minimum atomic E-state index is -0.460. The van der Waals surface area contributed by atoms with E-state index in [-0.39, 0.29) is 0 Å². The molecule has 1 atom stereocenters. The van der Waals surface area contributed by atoms with Crippen LogP contribution in [0.15, 0.2) is 18.2 Å². The fraction of sp³-hybridized carbons (Fsp3) is 0.647. The molecule has 1 aromatic rings. The van der Waals surface area contributed by atoms with E-state index in [9.17, 15) is 5.11 Å². The van der Waals surface area contributed by atoms with E-state index in [2.05, 4.69) is 23.1 Å². The van der Waals surface area contributed by atoms with Crippen LogP contribution in [-0.2, 0) is 12.8 Å². The van der Waals surface area contributed by atoms with Gasteiger partial charge >= 0.3 is 0 Å². The summed E-state index contributed by atoms with van der Waals surface area (Å²) in [5.41, 5.74) is 2.21. The van der Waals surface area contributed by atoms with Crippen LogP contribution in [0.3, 0.4) is 0 Å². The van der Waals surface area contributed by atoms with Crippen molar-refractivity contribution in [3.63, 3.8) is 0 Å². The third-order valence-corrected chi connectivity index (χ3v) is 5.06. The minimum absolute atomic E-state index is 0.460. The van der Waals surface area contributed by atoms with Crippen LogP contribution >= 0.6 is 0 Å². The molecular formula is C17H23NO2. The summed E-state index contributed by atoms with van der Waals surface area (Å²) in [4.78, 5) is 2.48. The van der Waals surface area contributed by atoms with Gasteiger partial charge in [-0.1, -0.05) is 12.1 Å². The summed E-state index contributed by atoms with van der Waals surface area (Å²) in [7, 11) is 0. The first kappa shape index (κ1) is 12.7. The van der Waals surface area contributed by atoms with Gasteiger partial charge in [0.2, 0.25) is 0 Å². The highest BCUT2D eigenvalue weighted by Gasteiger charge is 2.41. The lowest BCUT2D eigenvalue weighted by Crippen LogP contribution is -2.34. The smallest absolute Gasteiger partial charge is 0.122 e. The number of hydrogen-bond acceptors (Lipinski definition) is 3. The van der Waals surface area contributed by atoms with Crippen molar-refractivity contribution < 1.29 is 9.84 Å². The van der Waals surface area contributed by atoms with Gasteiger partial charge in [-0.05, 0) is 49.3 Å². The van der Waals surface area contributed by atoms with E-state index in [0.717, 1.165) is 57.2 Å². The Labute approximate surface area is 120 Å². The first-order valence-corrected chi connectivity index (χ1v) is 7.93. The topological polar surface area (TPSA) is 32.7 Å². The molecule has 0 spiro atoms. The zero-order valence-corrected chi connectivity index (χ0v) is 12.0. The quantitative estimate of drug-likeness (QED) is 0.912. The maximum atomic E-state index is 10.7. The first-order valence-electron chi connectivity index (χ1n) is 7.93. The highest BCUT2D eigenvalue weighted by molar-refractivity contribution is 5.39. The molecular weight excluding hydrogens is 250 g/mol. The average molecular weight is 273 g/mol. The van der Waals surface area contributed by atoms with Crippen molar-refractivity contribution in [2.45, 2.75) is 50.2 Å². The first-order chi connectivity index (χ1) is 9.72. The number of β-amino-alcohol motifs (C(OH)–C–C–N with tert-alkyl or cyclic N) is 1. The number of nitrogens with zero attached hydrogens (tertiary/aromatic N) is 1. The molecule has 0 amide bonds. The van der Waals surface area contributed by atoms with E-state index in [1.54, 1.807) is 0 Å². The summed E-state index contributed by atoms with van der Waals surface area (Å²) in [6.45, 7) is 2.78. The van der Waals surface area contributed by atoms with Gasteiger partial charge in [0.25, 0.3) is 0 Å². The summed E-state index contributed by atoms with van der Waals surface area (Å²) in [5, 5.41) is 10.7. The van der Waals surface area contributed by atoms with Crippen molar-refractivity contribution in [1.82, 2.24) is 4.90 Å². The monoisotopic (exact) mass is 273 g/mol. The number of hydrogen-bond donors (Lipinski definition) is 1. The van der Waals surface area contributed by atoms with Crippen LogP contribution in [0.1, 0.15) is 36.8 Å². The maximum Gasteiger partial charge on any atom is 0.122 e. The summed E-state index contributed by atoms with van der Waals surface area (Å²) in [5.74, 6) is 1.05. The third-order valence-electron chi connectivity index (χ3n) is 5.06. The molecule has 4 rings (SSSR count). The summed E-state index contributed by atoms with van der Waals surface area (Å²) in [6.07, 6.45) is 6.50. The van der Waals surface area contributed by atoms with Crippen molar-refractivity contribution in [2.24, 2.45) is 0 Å². The standard InChI is InChI=1S/C17H23NO2/c19-17(8-9-18(12-17)15-2-3-15)7-5-13-1-4-16-14(11-13)6-10-20-16/h1,4,11,15,19H,2-3,5-10,12H2. The maximum absolute atomic E-state index is 10.7. The lowest BCUT2D eigenvalue weighted by Gasteiger charge is -2.23. The number of rotatable bonds is 4. The number of ether oxygens (including phenoxy) is 1. The van der Waals surface area contributed by atoms with Crippen LogP contribution in [0.5, 0.6) is 5.75 Å². The second-order valence-corrected chi connectivity index (χ2v) is 6.72. The number of aryl methyl sites for hydroxylation is 1.